The molecule has 0 saturated carbocycles. The lowest BCUT2D eigenvalue weighted by Gasteiger charge is -2.11. The van der Waals surface area contributed by atoms with Crippen LogP contribution in [0.15, 0.2) is 18.2 Å². The Hall–Kier alpha value is -1.71. The first-order valence-corrected chi connectivity index (χ1v) is 6.35. The first-order chi connectivity index (χ1) is 8.49. The molecule has 0 bridgehead atoms. The molecule has 0 aromatic heterocycles. The molecule has 4 heteroatoms. The third-order valence-corrected chi connectivity index (χ3v) is 2.63. The normalized spacial score (nSPS) is 10.4. The third kappa shape index (κ3) is 5.08. The summed E-state index contributed by atoms with van der Waals surface area (Å²) in [5.74, 6) is 0.575. The second kappa shape index (κ2) is 6.89. The van der Waals surface area contributed by atoms with Gasteiger partial charge in [0.15, 0.2) is 0 Å². The summed E-state index contributed by atoms with van der Waals surface area (Å²) in [7, 11) is 0. The molecule has 1 amide bonds. The van der Waals surface area contributed by atoms with E-state index in [0.717, 1.165) is 23.5 Å². The molecule has 0 radical (unpaired) electrons. The van der Waals surface area contributed by atoms with Gasteiger partial charge in [0.25, 0.3) is 0 Å². The van der Waals surface area contributed by atoms with Crippen molar-refractivity contribution in [3.8, 4) is 0 Å². The van der Waals surface area contributed by atoms with Gasteiger partial charge in [-0.3, -0.25) is 4.79 Å². The van der Waals surface area contributed by atoms with Crippen LogP contribution in [0.4, 0.5) is 11.4 Å². The molecule has 0 fully saturated rings. The molecule has 0 aliphatic heterocycles. The molecule has 4 N–H and O–H groups in total. The molecule has 0 atom stereocenters. The zero-order valence-corrected chi connectivity index (χ0v) is 11.4. The maximum atomic E-state index is 11.5. The van der Waals surface area contributed by atoms with E-state index >= 15 is 0 Å². The third-order valence-electron chi connectivity index (χ3n) is 2.63. The Morgan fingerprint density at radius 2 is 2.11 bits per heavy atom. The van der Waals surface area contributed by atoms with Gasteiger partial charge >= 0.3 is 0 Å². The minimum atomic E-state index is 0.0873. The maximum Gasteiger partial charge on any atom is 0.221 e. The van der Waals surface area contributed by atoms with Crippen LogP contribution in [0.2, 0.25) is 0 Å². The first-order valence-electron chi connectivity index (χ1n) is 6.35. The minimum absolute atomic E-state index is 0.0873. The summed E-state index contributed by atoms with van der Waals surface area (Å²) in [6.07, 6.45) is 0.483. The summed E-state index contributed by atoms with van der Waals surface area (Å²) < 4.78 is 0. The number of aryl methyl sites for hydroxylation is 1. The minimum Gasteiger partial charge on any atom is -0.399 e. The predicted octanol–water partition coefficient (Wildman–Crippen LogP) is 2.15. The van der Waals surface area contributed by atoms with E-state index in [4.69, 9.17) is 5.73 Å². The van der Waals surface area contributed by atoms with Gasteiger partial charge in [-0.05, 0) is 36.6 Å². The number of nitrogens with two attached hydrogens (primary N) is 1. The fourth-order valence-electron chi connectivity index (χ4n) is 1.60. The van der Waals surface area contributed by atoms with Crippen molar-refractivity contribution >= 4 is 17.3 Å². The topological polar surface area (TPSA) is 67.1 Å². The number of carbonyl (C=O) groups is 1. The van der Waals surface area contributed by atoms with Crippen molar-refractivity contribution in [2.45, 2.75) is 27.2 Å². The number of hydrogen-bond donors (Lipinski definition) is 3. The Morgan fingerprint density at radius 3 is 2.72 bits per heavy atom. The summed E-state index contributed by atoms with van der Waals surface area (Å²) in [5.41, 5.74) is 8.56. The molecule has 1 aromatic rings. The van der Waals surface area contributed by atoms with Gasteiger partial charge in [0.2, 0.25) is 5.91 Å². The van der Waals surface area contributed by atoms with E-state index in [1.165, 1.54) is 0 Å². The van der Waals surface area contributed by atoms with Gasteiger partial charge in [0.1, 0.15) is 0 Å². The number of amides is 1. The highest BCUT2D eigenvalue weighted by molar-refractivity contribution is 5.76. The van der Waals surface area contributed by atoms with Crippen LogP contribution in [0.3, 0.4) is 0 Å². The van der Waals surface area contributed by atoms with Crippen LogP contribution in [0.1, 0.15) is 25.8 Å². The second-order valence-electron chi connectivity index (χ2n) is 4.95. The van der Waals surface area contributed by atoms with Crippen LogP contribution in [0, 0.1) is 12.8 Å². The Kier molecular flexibility index (Phi) is 5.49. The van der Waals surface area contributed by atoms with Gasteiger partial charge in [0, 0.05) is 30.9 Å². The van der Waals surface area contributed by atoms with Gasteiger partial charge in [-0.2, -0.15) is 0 Å². The number of anilines is 2. The van der Waals surface area contributed by atoms with Crippen LogP contribution >= 0.6 is 0 Å². The largest absolute Gasteiger partial charge is 0.399 e. The van der Waals surface area contributed by atoms with E-state index in [1.807, 2.05) is 25.1 Å². The van der Waals surface area contributed by atoms with Gasteiger partial charge < -0.3 is 16.4 Å². The van der Waals surface area contributed by atoms with Crippen LogP contribution < -0.4 is 16.4 Å². The first kappa shape index (κ1) is 14.4. The lowest BCUT2D eigenvalue weighted by molar-refractivity contribution is -0.120. The van der Waals surface area contributed by atoms with E-state index in [-0.39, 0.29) is 5.91 Å². The molecule has 0 spiro atoms. The molecular weight excluding hydrogens is 226 g/mol. The van der Waals surface area contributed by atoms with Gasteiger partial charge in [-0.1, -0.05) is 13.8 Å². The zero-order valence-electron chi connectivity index (χ0n) is 11.4. The zero-order chi connectivity index (χ0) is 13.5. The van der Waals surface area contributed by atoms with Crippen molar-refractivity contribution in [2.24, 2.45) is 5.92 Å². The number of hydrogen-bond acceptors (Lipinski definition) is 3. The summed E-state index contributed by atoms with van der Waals surface area (Å²) in [4.78, 5) is 11.5. The van der Waals surface area contributed by atoms with Crippen LogP contribution in [-0.2, 0) is 4.79 Å². The lowest BCUT2D eigenvalue weighted by atomic mass is 10.2. The Morgan fingerprint density at radius 1 is 1.39 bits per heavy atom. The van der Waals surface area contributed by atoms with E-state index < -0.39 is 0 Å². The molecule has 0 heterocycles. The van der Waals surface area contributed by atoms with E-state index in [2.05, 4.69) is 24.5 Å². The lowest BCUT2D eigenvalue weighted by Crippen LogP contribution is -2.28. The number of nitrogen functional groups attached to an aromatic ring is 1. The average Bonchev–Trinajstić information content (AvgIpc) is 2.29. The standard InChI is InChI=1S/C14H23N3O/c1-10(2)9-17-14(18)6-7-16-13-5-4-12(15)8-11(13)3/h4-5,8,10,16H,6-7,9,15H2,1-3H3,(H,17,18). The van der Waals surface area contributed by atoms with Crippen LogP contribution in [0.5, 0.6) is 0 Å². The number of rotatable bonds is 6. The molecule has 0 unspecified atom stereocenters. The molecule has 0 aliphatic carbocycles. The fourth-order valence-corrected chi connectivity index (χ4v) is 1.60. The Labute approximate surface area is 109 Å². The molecular formula is C14H23N3O. The smallest absolute Gasteiger partial charge is 0.221 e. The van der Waals surface area contributed by atoms with Crippen LogP contribution in [-0.4, -0.2) is 19.0 Å². The molecule has 0 aliphatic rings. The molecule has 100 valence electrons. The molecule has 4 nitrogen and oxygen atoms in total. The Balaban J connectivity index is 2.31. The van der Waals surface area contributed by atoms with Crippen molar-refractivity contribution < 1.29 is 4.79 Å². The van der Waals surface area contributed by atoms with E-state index in [9.17, 15) is 4.79 Å². The highest BCUT2D eigenvalue weighted by Crippen LogP contribution is 2.17. The monoisotopic (exact) mass is 249 g/mol. The molecule has 18 heavy (non-hydrogen) atoms. The van der Waals surface area contributed by atoms with Gasteiger partial charge in [0.05, 0.1) is 0 Å². The van der Waals surface area contributed by atoms with Crippen molar-refractivity contribution in [3.05, 3.63) is 23.8 Å². The molecule has 1 rings (SSSR count). The summed E-state index contributed by atoms with van der Waals surface area (Å²) >= 11 is 0. The second-order valence-corrected chi connectivity index (χ2v) is 4.95. The summed E-state index contributed by atoms with van der Waals surface area (Å²) in [6.45, 7) is 7.53. The van der Waals surface area contributed by atoms with E-state index in [0.29, 0.717) is 18.9 Å². The highest BCUT2D eigenvalue weighted by Gasteiger charge is 2.03. The van der Waals surface area contributed by atoms with Crippen molar-refractivity contribution in [1.82, 2.24) is 5.32 Å². The van der Waals surface area contributed by atoms with Gasteiger partial charge in [-0.25, -0.2) is 0 Å². The average molecular weight is 249 g/mol. The maximum absolute atomic E-state index is 11.5. The SMILES string of the molecule is Cc1cc(N)ccc1NCCC(=O)NCC(C)C. The molecule has 1 aromatic carbocycles. The van der Waals surface area contributed by atoms with Crippen molar-refractivity contribution in [3.63, 3.8) is 0 Å². The number of benzene rings is 1. The van der Waals surface area contributed by atoms with E-state index in [1.54, 1.807) is 0 Å². The Bertz CT molecular complexity index is 402. The number of nitrogens with one attached hydrogen (secondary N) is 2. The predicted molar refractivity (Wildman–Crippen MR) is 76.5 cm³/mol. The van der Waals surface area contributed by atoms with Crippen molar-refractivity contribution in [1.29, 1.82) is 0 Å². The van der Waals surface area contributed by atoms with Crippen molar-refractivity contribution in [2.75, 3.05) is 24.1 Å². The van der Waals surface area contributed by atoms with Gasteiger partial charge in [-0.15, -0.1) is 0 Å². The summed E-state index contributed by atoms with van der Waals surface area (Å²) in [6, 6.07) is 5.71. The fraction of sp³-hybridized carbons (Fsp3) is 0.500. The quantitative estimate of drug-likeness (QED) is 0.677. The molecule has 0 saturated heterocycles. The van der Waals surface area contributed by atoms with Crippen LogP contribution in [0.25, 0.3) is 0 Å². The number of carbonyl (C=O) groups excluding carboxylic acids is 1. The highest BCUT2D eigenvalue weighted by atomic mass is 16.1. The summed E-state index contributed by atoms with van der Waals surface area (Å²) in [5, 5.41) is 6.14.